The number of hydrogen-bond acceptors (Lipinski definition) is 4. The van der Waals surface area contributed by atoms with E-state index in [9.17, 15) is 0 Å². The average molecular weight is 527 g/mol. The predicted octanol–water partition coefficient (Wildman–Crippen LogP) is 4.58. The summed E-state index contributed by atoms with van der Waals surface area (Å²) in [7, 11) is 0. The zero-order valence-corrected chi connectivity index (χ0v) is 19.8. The maximum absolute atomic E-state index is 6.14. The molecule has 2 aliphatic carbocycles. The molecule has 0 aromatic carbocycles. The molecule has 3 unspecified atom stereocenters. The van der Waals surface area contributed by atoms with Gasteiger partial charge in [0.1, 0.15) is 5.76 Å². The minimum Gasteiger partial charge on any atom is -0.469 e. The topological polar surface area (TPSA) is 58.8 Å². The number of guanidine groups is 1. The van der Waals surface area contributed by atoms with Crippen molar-refractivity contribution in [3.63, 3.8) is 0 Å². The number of furan rings is 1. The molecule has 158 valence electrons. The summed E-state index contributed by atoms with van der Waals surface area (Å²) in [6, 6.07) is 8.69. The molecular weight excluding hydrogens is 497 g/mol. The Labute approximate surface area is 193 Å². The average Bonchev–Trinajstić information content (AvgIpc) is 3.49. The molecule has 5 nitrogen and oxygen atoms in total. The van der Waals surface area contributed by atoms with Gasteiger partial charge in [-0.05, 0) is 42.8 Å². The van der Waals surface area contributed by atoms with Crippen molar-refractivity contribution in [2.75, 3.05) is 13.2 Å². The fourth-order valence-corrected chi connectivity index (χ4v) is 6.15. The van der Waals surface area contributed by atoms with Crippen LogP contribution in [0.1, 0.15) is 42.7 Å². The van der Waals surface area contributed by atoms with Crippen LogP contribution in [0.4, 0.5) is 0 Å². The molecule has 7 heteroatoms. The molecule has 3 heterocycles. The van der Waals surface area contributed by atoms with Crippen molar-refractivity contribution in [2.45, 2.75) is 57.2 Å². The molecule has 2 N–H and O–H groups in total. The number of nitrogens with zero attached hydrogens (tertiary/aromatic N) is 1. The van der Waals surface area contributed by atoms with Crippen molar-refractivity contribution in [1.82, 2.24) is 10.6 Å². The van der Waals surface area contributed by atoms with E-state index in [1.165, 1.54) is 37.0 Å². The van der Waals surface area contributed by atoms with E-state index in [1.54, 1.807) is 17.6 Å². The Morgan fingerprint density at radius 2 is 2.14 bits per heavy atom. The van der Waals surface area contributed by atoms with Crippen LogP contribution in [0, 0.1) is 11.3 Å². The van der Waals surface area contributed by atoms with Gasteiger partial charge in [-0.2, -0.15) is 0 Å². The predicted molar refractivity (Wildman–Crippen MR) is 127 cm³/mol. The fourth-order valence-electron chi connectivity index (χ4n) is 5.52. The van der Waals surface area contributed by atoms with E-state index in [4.69, 9.17) is 14.1 Å². The summed E-state index contributed by atoms with van der Waals surface area (Å²) >= 11 is 1.76. The minimum absolute atomic E-state index is 0. The van der Waals surface area contributed by atoms with Crippen molar-refractivity contribution in [2.24, 2.45) is 16.3 Å². The monoisotopic (exact) mass is 527 g/mol. The van der Waals surface area contributed by atoms with Gasteiger partial charge in [0.15, 0.2) is 5.96 Å². The second kappa shape index (κ2) is 9.39. The van der Waals surface area contributed by atoms with Crippen LogP contribution < -0.4 is 10.6 Å². The maximum Gasteiger partial charge on any atom is 0.191 e. The summed E-state index contributed by atoms with van der Waals surface area (Å²) in [4.78, 5) is 6.20. The lowest BCUT2D eigenvalue weighted by atomic mass is 9.54. The van der Waals surface area contributed by atoms with Crippen LogP contribution in [0.15, 0.2) is 45.3 Å². The highest BCUT2D eigenvalue weighted by molar-refractivity contribution is 14.0. The fraction of sp³-hybridized carbons (Fsp3) is 0.591. The largest absolute Gasteiger partial charge is 0.469 e. The maximum atomic E-state index is 6.14. The molecule has 0 bridgehead atoms. The molecular formula is C22H30IN3O2S. The van der Waals surface area contributed by atoms with E-state index in [-0.39, 0.29) is 24.0 Å². The number of hydrogen-bond donors (Lipinski definition) is 2. The smallest absolute Gasteiger partial charge is 0.191 e. The highest BCUT2D eigenvalue weighted by Gasteiger charge is 2.65. The van der Waals surface area contributed by atoms with Gasteiger partial charge in [0.25, 0.3) is 0 Å². The summed E-state index contributed by atoms with van der Waals surface area (Å²) in [5.74, 6) is 2.57. The van der Waals surface area contributed by atoms with Crippen LogP contribution in [-0.2, 0) is 17.7 Å². The van der Waals surface area contributed by atoms with Crippen LogP contribution in [-0.4, -0.2) is 31.3 Å². The van der Waals surface area contributed by atoms with Crippen molar-refractivity contribution in [1.29, 1.82) is 0 Å². The summed E-state index contributed by atoms with van der Waals surface area (Å²) in [5.41, 5.74) is 0.327. The van der Waals surface area contributed by atoms with Crippen LogP contribution >= 0.6 is 35.3 Å². The van der Waals surface area contributed by atoms with Crippen molar-refractivity contribution in [3.05, 3.63) is 46.5 Å². The van der Waals surface area contributed by atoms with E-state index in [0.29, 0.717) is 23.5 Å². The molecule has 2 saturated carbocycles. The Morgan fingerprint density at radius 3 is 2.90 bits per heavy atom. The van der Waals surface area contributed by atoms with E-state index < -0.39 is 0 Å². The van der Waals surface area contributed by atoms with Gasteiger partial charge in [0.2, 0.25) is 0 Å². The molecule has 3 aliphatic rings. The van der Waals surface area contributed by atoms with Gasteiger partial charge in [-0.15, -0.1) is 35.3 Å². The van der Waals surface area contributed by atoms with Gasteiger partial charge in [0.05, 0.1) is 18.9 Å². The second-order valence-corrected chi connectivity index (χ2v) is 9.34. The molecule has 0 amide bonds. The minimum atomic E-state index is 0. The first kappa shape index (κ1) is 21.2. The van der Waals surface area contributed by atoms with Gasteiger partial charge < -0.3 is 19.8 Å². The molecule has 2 aromatic rings. The number of ether oxygens (including phenoxy) is 1. The molecule has 2 aromatic heterocycles. The molecule has 3 atom stereocenters. The highest BCUT2D eigenvalue weighted by Crippen LogP contribution is 2.60. The lowest BCUT2D eigenvalue weighted by Gasteiger charge is -2.57. The molecule has 0 radical (unpaired) electrons. The third-order valence-corrected chi connectivity index (χ3v) is 7.66. The standard InChI is InChI=1S/C22H29N3O2S.HI/c1-2-10-22(9-1)19(18-8-13-27-20(18)22)25-21(24-15-17-6-4-14-28-17)23-11-7-16-5-3-12-26-16;/h3-6,12,14,18-20H,1-2,7-11,13,15H2,(H2,23,24,25);1H. The normalized spacial score (nSPS) is 27.3. The van der Waals surface area contributed by atoms with Crippen LogP contribution in [0.5, 0.6) is 0 Å². The Morgan fingerprint density at radius 1 is 1.24 bits per heavy atom. The number of thiophene rings is 1. The third-order valence-electron chi connectivity index (χ3n) is 6.80. The summed E-state index contributed by atoms with van der Waals surface area (Å²) in [5, 5.41) is 9.49. The van der Waals surface area contributed by atoms with E-state index >= 15 is 0 Å². The zero-order chi connectivity index (χ0) is 18.8. The zero-order valence-electron chi connectivity index (χ0n) is 16.6. The lowest BCUT2D eigenvalue weighted by Crippen LogP contribution is -2.69. The van der Waals surface area contributed by atoms with E-state index in [2.05, 4.69) is 28.1 Å². The molecule has 5 rings (SSSR count). The number of halogens is 1. The van der Waals surface area contributed by atoms with Crippen molar-refractivity contribution in [3.8, 4) is 0 Å². The summed E-state index contributed by atoms with van der Waals surface area (Å²) in [6.07, 6.45) is 9.47. The van der Waals surface area contributed by atoms with E-state index in [0.717, 1.165) is 37.8 Å². The molecule has 1 aliphatic heterocycles. The lowest BCUT2D eigenvalue weighted by molar-refractivity contribution is -0.125. The third kappa shape index (κ3) is 4.23. The van der Waals surface area contributed by atoms with Gasteiger partial charge >= 0.3 is 0 Å². The van der Waals surface area contributed by atoms with Crippen LogP contribution in [0.25, 0.3) is 0 Å². The second-order valence-electron chi connectivity index (χ2n) is 8.31. The van der Waals surface area contributed by atoms with E-state index in [1.807, 2.05) is 12.1 Å². The first-order chi connectivity index (χ1) is 13.9. The molecule has 1 saturated heterocycles. The molecule has 3 fully saturated rings. The number of aliphatic imine (C=N–C) groups is 1. The quantitative estimate of drug-likeness (QED) is 0.328. The SMILES string of the molecule is I.c1coc(CCNC(=NCc2cccs2)NC2C3CCOC3C23CCCC3)c1. The first-order valence-corrected chi connectivity index (χ1v) is 11.4. The number of fused-ring (bicyclic) bond motifs is 2. The van der Waals surface area contributed by atoms with Gasteiger partial charge in [-0.25, -0.2) is 4.99 Å². The van der Waals surface area contributed by atoms with Gasteiger partial charge in [0, 0.05) is 41.8 Å². The Kier molecular flexibility index (Phi) is 6.86. The number of rotatable bonds is 6. The Bertz CT molecular complexity index is 787. The summed E-state index contributed by atoms with van der Waals surface area (Å²) in [6.45, 7) is 2.45. The highest BCUT2D eigenvalue weighted by atomic mass is 127. The number of nitrogens with one attached hydrogen (secondary N) is 2. The van der Waals surface area contributed by atoms with Gasteiger partial charge in [-0.3, -0.25) is 0 Å². The molecule has 1 spiro atoms. The van der Waals surface area contributed by atoms with Crippen LogP contribution in [0.3, 0.4) is 0 Å². The Balaban J connectivity index is 0.00000205. The molecule has 29 heavy (non-hydrogen) atoms. The van der Waals surface area contributed by atoms with Crippen LogP contribution in [0.2, 0.25) is 0 Å². The summed E-state index contributed by atoms with van der Waals surface area (Å²) < 4.78 is 11.6. The van der Waals surface area contributed by atoms with Gasteiger partial charge in [-0.1, -0.05) is 18.9 Å². The van der Waals surface area contributed by atoms with Crippen molar-refractivity contribution < 1.29 is 9.15 Å². The Hall–Kier alpha value is -1.06. The first-order valence-electron chi connectivity index (χ1n) is 10.6. The van der Waals surface area contributed by atoms with Crippen molar-refractivity contribution >= 4 is 41.3 Å².